The predicted octanol–water partition coefficient (Wildman–Crippen LogP) is 5.22. The molecule has 2 aromatic carbocycles. The lowest BCUT2D eigenvalue weighted by molar-refractivity contribution is -0.132. The number of anilines is 1. The zero-order valence-corrected chi connectivity index (χ0v) is 23.2. The number of aryl methyl sites for hydroxylation is 2. The van der Waals surface area contributed by atoms with Crippen molar-refractivity contribution in [1.82, 2.24) is 15.1 Å². The van der Waals surface area contributed by atoms with E-state index < -0.39 is 12.1 Å². The number of carbonyl (C=O) groups excluding carboxylic acids is 2. The molecule has 1 fully saturated rings. The maximum absolute atomic E-state index is 14.4. The Balaban J connectivity index is 1.56. The number of hydrogen-bond acceptors (Lipinski definition) is 5. The zero-order chi connectivity index (χ0) is 27.5. The second kappa shape index (κ2) is 11.5. The van der Waals surface area contributed by atoms with Crippen LogP contribution in [0.5, 0.6) is 11.5 Å². The van der Waals surface area contributed by atoms with Gasteiger partial charge in [0, 0.05) is 30.5 Å². The Kier molecular flexibility index (Phi) is 7.91. The van der Waals surface area contributed by atoms with E-state index in [0.29, 0.717) is 34.4 Å². The van der Waals surface area contributed by atoms with Crippen molar-refractivity contribution in [3.63, 3.8) is 0 Å². The Morgan fingerprint density at radius 2 is 1.72 bits per heavy atom. The van der Waals surface area contributed by atoms with Gasteiger partial charge in [-0.05, 0) is 55.5 Å². The monoisotopic (exact) mass is 530 g/mol. The fourth-order valence-corrected chi connectivity index (χ4v) is 5.53. The van der Waals surface area contributed by atoms with E-state index in [2.05, 4.69) is 24.3 Å². The molecule has 0 unspecified atom stereocenters. The Hall–Kier alpha value is -3.81. The molecule has 1 aromatic heterocycles. The molecule has 2 aliphatic rings. The van der Waals surface area contributed by atoms with Crippen LogP contribution < -0.4 is 19.7 Å². The van der Waals surface area contributed by atoms with Gasteiger partial charge in [-0.3, -0.25) is 19.2 Å². The van der Waals surface area contributed by atoms with Crippen LogP contribution in [-0.2, 0) is 16.6 Å². The fraction of sp³-hybridized carbons (Fsp3) is 0.452. The van der Waals surface area contributed by atoms with Gasteiger partial charge in [0.05, 0.1) is 5.69 Å². The van der Waals surface area contributed by atoms with Crippen LogP contribution >= 0.6 is 0 Å². The van der Waals surface area contributed by atoms with E-state index >= 15 is 0 Å². The average molecular weight is 531 g/mol. The van der Waals surface area contributed by atoms with Crippen molar-refractivity contribution in [3.8, 4) is 11.5 Å². The molecule has 5 rings (SSSR count). The molecule has 3 aromatic rings. The van der Waals surface area contributed by atoms with E-state index in [9.17, 15) is 9.59 Å². The van der Waals surface area contributed by atoms with Gasteiger partial charge in [-0.15, -0.1) is 0 Å². The molecule has 206 valence electrons. The van der Waals surface area contributed by atoms with Crippen LogP contribution in [0.3, 0.4) is 0 Å². The fourth-order valence-electron chi connectivity index (χ4n) is 5.53. The third-order valence-corrected chi connectivity index (χ3v) is 7.66. The highest BCUT2D eigenvalue weighted by atomic mass is 16.6. The summed E-state index contributed by atoms with van der Waals surface area (Å²) < 4.78 is 13.7. The molecular formula is C31H38N4O4. The van der Waals surface area contributed by atoms with Gasteiger partial charge < -0.3 is 14.8 Å². The van der Waals surface area contributed by atoms with Crippen molar-refractivity contribution < 1.29 is 19.1 Å². The van der Waals surface area contributed by atoms with Gasteiger partial charge >= 0.3 is 0 Å². The molecule has 0 bridgehead atoms. The molecule has 0 saturated heterocycles. The van der Waals surface area contributed by atoms with Crippen LogP contribution in [0.4, 0.5) is 5.69 Å². The highest BCUT2D eigenvalue weighted by molar-refractivity contribution is 6.03. The molecule has 1 aliphatic heterocycles. The number of para-hydroxylation sites is 2. The predicted molar refractivity (Wildman–Crippen MR) is 150 cm³/mol. The average Bonchev–Trinajstić information content (AvgIpc) is 3.28. The van der Waals surface area contributed by atoms with Crippen LogP contribution in [0.25, 0.3) is 0 Å². The van der Waals surface area contributed by atoms with Crippen molar-refractivity contribution in [3.05, 3.63) is 71.5 Å². The quantitative estimate of drug-likeness (QED) is 0.453. The number of nitrogens with zero attached hydrogens (tertiary/aromatic N) is 3. The van der Waals surface area contributed by atoms with Crippen LogP contribution in [0.15, 0.2) is 54.7 Å². The molecule has 1 N–H and O–H groups in total. The number of fused-ring (bicyclic) bond motifs is 1. The molecule has 1 saturated carbocycles. The molecule has 2 heterocycles. The minimum atomic E-state index is -0.918. The first-order valence-electron chi connectivity index (χ1n) is 13.9. The number of amides is 2. The maximum Gasteiger partial charge on any atom is 0.272 e. The number of carbonyl (C=O) groups is 2. The van der Waals surface area contributed by atoms with E-state index in [-0.39, 0.29) is 24.5 Å². The molecular weight excluding hydrogens is 492 g/mol. The Labute approximate surface area is 230 Å². The van der Waals surface area contributed by atoms with Gasteiger partial charge in [0.1, 0.15) is 12.6 Å². The van der Waals surface area contributed by atoms with Gasteiger partial charge in [0.2, 0.25) is 12.0 Å². The first-order chi connectivity index (χ1) is 18.8. The van der Waals surface area contributed by atoms with Gasteiger partial charge in [0.25, 0.3) is 5.91 Å². The van der Waals surface area contributed by atoms with Gasteiger partial charge in [-0.1, -0.05) is 57.4 Å². The van der Waals surface area contributed by atoms with Crippen LogP contribution in [0.2, 0.25) is 0 Å². The Morgan fingerprint density at radius 1 is 1.03 bits per heavy atom. The second-order valence-electron chi connectivity index (χ2n) is 10.9. The zero-order valence-electron chi connectivity index (χ0n) is 23.2. The molecule has 8 heteroatoms. The first-order valence-corrected chi connectivity index (χ1v) is 13.9. The van der Waals surface area contributed by atoms with Crippen molar-refractivity contribution in [2.75, 3.05) is 11.5 Å². The topological polar surface area (TPSA) is 85.7 Å². The molecule has 1 aliphatic carbocycles. The molecule has 0 spiro atoms. The van der Waals surface area contributed by atoms with Crippen molar-refractivity contribution >= 4 is 17.5 Å². The van der Waals surface area contributed by atoms with E-state index in [0.717, 1.165) is 31.2 Å². The van der Waals surface area contributed by atoms with Gasteiger partial charge in [0.15, 0.2) is 11.5 Å². The van der Waals surface area contributed by atoms with Crippen LogP contribution in [0, 0.1) is 6.92 Å². The van der Waals surface area contributed by atoms with E-state index in [4.69, 9.17) is 9.47 Å². The molecule has 2 amide bonds. The number of hydrogen-bond donors (Lipinski definition) is 1. The van der Waals surface area contributed by atoms with Crippen molar-refractivity contribution in [2.24, 2.45) is 7.05 Å². The number of ether oxygens (including phenoxy) is 2. The molecule has 39 heavy (non-hydrogen) atoms. The number of benzene rings is 2. The Morgan fingerprint density at radius 3 is 2.36 bits per heavy atom. The number of aromatic nitrogens is 2. The molecule has 0 radical (unpaired) electrons. The standard InChI is InChI=1S/C31H38N4O4/c1-20(2)22-14-16-24(17-15-22)35(31(37)28-19-38-26-12-8-9-13-27(26)39-28)29(25-18-34(4)33-21(25)3)30(36)32-23-10-6-5-7-11-23/h8-9,12-18,20,23,28-29H,5-7,10-11,19H2,1-4H3,(H,32,36)/t28-,29-/m0/s1. The minimum Gasteiger partial charge on any atom is -0.485 e. The van der Waals surface area contributed by atoms with Gasteiger partial charge in [-0.25, -0.2) is 0 Å². The van der Waals surface area contributed by atoms with E-state index in [1.54, 1.807) is 15.6 Å². The summed E-state index contributed by atoms with van der Waals surface area (Å²) >= 11 is 0. The third kappa shape index (κ3) is 5.79. The lowest BCUT2D eigenvalue weighted by atomic mass is 9.94. The summed E-state index contributed by atoms with van der Waals surface area (Å²) in [5.74, 6) is 0.896. The van der Waals surface area contributed by atoms with Crippen molar-refractivity contribution in [2.45, 2.75) is 77.0 Å². The normalized spacial score (nSPS) is 18.0. The number of rotatable bonds is 7. The summed E-state index contributed by atoms with van der Waals surface area (Å²) in [6.07, 6.45) is 6.17. The van der Waals surface area contributed by atoms with E-state index in [1.807, 2.05) is 62.6 Å². The lowest BCUT2D eigenvalue weighted by Crippen LogP contribution is -2.52. The summed E-state index contributed by atoms with van der Waals surface area (Å²) in [5.41, 5.74) is 3.16. The molecule has 8 nitrogen and oxygen atoms in total. The minimum absolute atomic E-state index is 0.0550. The van der Waals surface area contributed by atoms with Gasteiger partial charge in [-0.2, -0.15) is 5.10 Å². The van der Waals surface area contributed by atoms with E-state index in [1.165, 1.54) is 6.42 Å². The van der Waals surface area contributed by atoms with Crippen LogP contribution in [0.1, 0.15) is 74.7 Å². The highest BCUT2D eigenvalue weighted by Crippen LogP contribution is 2.35. The smallest absolute Gasteiger partial charge is 0.272 e. The third-order valence-electron chi connectivity index (χ3n) is 7.66. The summed E-state index contributed by atoms with van der Waals surface area (Å²) in [4.78, 5) is 30.1. The summed E-state index contributed by atoms with van der Waals surface area (Å²) in [6, 6.07) is 14.3. The summed E-state index contributed by atoms with van der Waals surface area (Å²) in [5, 5.41) is 7.78. The van der Waals surface area contributed by atoms with Crippen molar-refractivity contribution in [1.29, 1.82) is 0 Å². The second-order valence-corrected chi connectivity index (χ2v) is 10.9. The molecule has 2 atom stereocenters. The SMILES string of the molecule is Cc1nn(C)cc1[C@@H](C(=O)NC1CCCCC1)N(C(=O)[C@@H]1COc2ccccc2O1)c1ccc(C(C)C)cc1. The number of nitrogens with one attached hydrogen (secondary N) is 1. The summed E-state index contributed by atoms with van der Waals surface area (Å²) in [7, 11) is 1.82. The lowest BCUT2D eigenvalue weighted by Gasteiger charge is -2.36. The highest BCUT2D eigenvalue weighted by Gasteiger charge is 2.41. The maximum atomic E-state index is 14.4. The first kappa shape index (κ1) is 26.8. The Bertz CT molecular complexity index is 1310. The van der Waals surface area contributed by atoms with Crippen LogP contribution in [-0.4, -0.2) is 40.3 Å². The largest absolute Gasteiger partial charge is 0.485 e. The summed E-state index contributed by atoms with van der Waals surface area (Å²) in [6.45, 7) is 6.18.